The van der Waals surface area contributed by atoms with Gasteiger partial charge in [0, 0.05) is 0 Å². The van der Waals surface area contributed by atoms with Gasteiger partial charge in [-0.15, -0.1) is 0 Å². The summed E-state index contributed by atoms with van der Waals surface area (Å²) < 4.78 is 9.86. The molecule has 0 radical (unpaired) electrons. The van der Waals surface area contributed by atoms with E-state index in [-0.39, 0.29) is 0 Å². The minimum absolute atomic E-state index is 0.305. The van der Waals surface area contributed by atoms with Crippen molar-refractivity contribution in [3.05, 3.63) is 65.2 Å². The molecule has 2 aromatic carbocycles. The first kappa shape index (κ1) is 13.8. The highest BCUT2D eigenvalue weighted by Crippen LogP contribution is 2.16. The molecule has 0 saturated carbocycles. The summed E-state index contributed by atoms with van der Waals surface area (Å²) in [6, 6.07) is 13.4. The fraction of sp³-hybridized carbons (Fsp3) is 0.125. The summed E-state index contributed by atoms with van der Waals surface area (Å²) >= 11 is 0. The summed E-state index contributed by atoms with van der Waals surface area (Å²) in [7, 11) is 1.30. The average Bonchev–Trinajstić information content (AvgIpc) is 2.46. The predicted molar refractivity (Wildman–Crippen MR) is 73.9 cm³/mol. The maximum atomic E-state index is 12.0. The van der Waals surface area contributed by atoms with Crippen LogP contribution in [0.5, 0.6) is 5.75 Å². The minimum atomic E-state index is -0.474. The second-order valence-corrected chi connectivity index (χ2v) is 4.28. The van der Waals surface area contributed by atoms with Gasteiger partial charge in [-0.2, -0.15) is 0 Å². The van der Waals surface area contributed by atoms with E-state index < -0.39 is 11.9 Å². The van der Waals surface area contributed by atoms with Crippen LogP contribution in [0.1, 0.15) is 26.3 Å². The van der Waals surface area contributed by atoms with Crippen LogP contribution in [0.15, 0.2) is 48.5 Å². The Labute approximate surface area is 116 Å². The molecule has 2 rings (SSSR count). The van der Waals surface area contributed by atoms with Crippen molar-refractivity contribution in [3.63, 3.8) is 0 Å². The van der Waals surface area contributed by atoms with Crippen LogP contribution in [-0.4, -0.2) is 19.0 Å². The average molecular weight is 270 g/mol. The fourth-order valence-electron chi connectivity index (χ4n) is 1.74. The fourth-order valence-corrected chi connectivity index (χ4v) is 1.74. The van der Waals surface area contributed by atoms with E-state index in [2.05, 4.69) is 4.74 Å². The Kier molecular flexibility index (Phi) is 4.15. The smallest absolute Gasteiger partial charge is 0.343 e. The third kappa shape index (κ3) is 3.23. The Bertz CT molecular complexity index is 646. The number of methoxy groups -OCH3 is 1. The highest BCUT2D eigenvalue weighted by molar-refractivity contribution is 5.92. The summed E-state index contributed by atoms with van der Waals surface area (Å²) in [5.41, 5.74) is 1.78. The number of carbonyl (C=O) groups excluding carboxylic acids is 2. The van der Waals surface area contributed by atoms with Crippen molar-refractivity contribution < 1.29 is 19.1 Å². The standard InChI is InChI=1S/C16H14O4/c1-11-5-3-6-12(9-11)16(18)20-14-8-4-7-13(10-14)15(17)19-2/h3-10H,1-2H3. The van der Waals surface area contributed by atoms with Gasteiger partial charge in [-0.3, -0.25) is 0 Å². The van der Waals surface area contributed by atoms with Gasteiger partial charge >= 0.3 is 11.9 Å². The van der Waals surface area contributed by atoms with Gasteiger partial charge in [0.25, 0.3) is 0 Å². The van der Waals surface area contributed by atoms with E-state index in [1.165, 1.54) is 13.2 Å². The van der Waals surface area contributed by atoms with Crippen LogP contribution in [0.25, 0.3) is 0 Å². The molecular formula is C16H14O4. The van der Waals surface area contributed by atoms with Gasteiger partial charge in [0.1, 0.15) is 5.75 Å². The van der Waals surface area contributed by atoms with Crippen LogP contribution >= 0.6 is 0 Å². The SMILES string of the molecule is COC(=O)c1cccc(OC(=O)c2cccc(C)c2)c1. The molecule has 0 aromatic heterocycles. The number of ether oxygens (including phenoxy) is 2. The molecule has 0 aliphatic rings. The Hall–Kier alpha value is -2.62. The summed E-state index contributed by atoms with van der Waals surface area (Å²) in [5, 5.41) is 0. The zero-order chi connectivity index (χ0) is 14.5. The maximum absolute atomic E-state index is 12.0. The highest BCUT2D eigenvalue weighted by atomic mass is 16.5. The number of hydrogen-bond acceptors (Lipinski definition) is 4. The molecule has 0 amide bonds. The van der Waals surface area contributed by atoms with Crippen LogP contribution in [0.4, 0.5) is 0 Å². The lowest BCUT2D eigenvalue weighted by Crippen LogP contribution is -2.09. The van der Waals surface area contributed by atoms with Crippen molar-refractivity contribution in [1.29, 1.82) is 0 Å². The van der Waals surface area contributed by atoms with Gasteiger partial charge in [-0.1, -0.05) is 23.8 Å². The van der Waals surface area contributed by atoms with Crippen molar-refractivity contribution in [2.75, 3.05) is 7.11 Å². The van der Waals surface area contributed by atoms with E-state index in [9.17, 15) is 9.59 Å². The molecule has 0 saturated heterocycles. The maximum Gasteiger partial charge on any atom is 0.343 e. The van der Waals surface area contributed by atoms with Crippen molar-refractivity contribution in [1.82, 2.24) is 0 Å². The van der Waals surface area contributed by atoms with E-state index in [0.29, 0.717) is 16.9 Å². The van der Waals surface area contributed by atoms with Gasteiger partial charge in [0.2, 0.25) is 0 Å². The Balaban J connectivity index is 2.18. The molecule has 0 spiro atoms. The van der Waals surface area contributed by atoms with Crippen LogP contribution < -0.4 is 4.74 Å². The zero-order valence-electron chi connectivity index (χ0n) is 11.3. The van der Waals surface area contributed by atoms with Gasteiger partial charge in [-0.05, 0) is 37.3 Å². The molecule has 0 bridgehead atoms. The highest BCUT2D eigenvalue weighted by Gasteiger charge is 2.11. The molecule has 2 aromatic rings. The van der Waals surface area contributed by atoms with Crippen molar-refractivity contribution >= 4 is 11.9 Å². The molecule has 0 aliphatic heterocycles. The Morgan fingerprint density at radius 3 is 2.20 bits per heavy atom. The summed E-state index contributed by atoms with van der Waals surface area (Å²) in [6.07, 6.45) is 0. The van der Waals surface area contributed by atoms with Crippen LogP contribution in [0, 0.1) is 6.92 Å². The van der Waals surface area contributed by atoms with E-state index in [1.54, 1.807) is 36.4 Å². The molecule has 0 fully saturated rings. The van der Waals surface area contributed by atoms with Gasteiger partial charge < -0.3 is 9.47 Å². The molecule has 0 aliphatic carbocycles. The third-order valence-corrected chi connectivity index (χ3v) is 2.72. The number of benzene rings is 2. The van der Waals surface area contributed by atoms with Crippen LogP contribution in [0.3, 0.4) is 0 Å². The first-order valence-electron chi connectivity index (χ1n) is 6.07. The van der Waals surface area contributed by atoms with Crippen molar-refractivity contribution in [2.24, 2.45) is 0 Å². The first-order chi connectivity index (χ1) is 9.60. The van der Waals surface area contributed by atoms with E-state index in [1.807, 2.05) is 13.0 Å². The second kappa shape index (κ2) is 6.02. The number of rotatable bonds is 3. The van der Waals surface area contributed by atoms with Crippen LogP contribution in [-0.2, 0) is 4.74 Å². The molecule has 20 heavy (non-hydrogen) atoms. The lowest BCUT2D eigenvalue weighted by molar-refractivity contribution is 0.0597. The normalized spacial score (nSPS) is 9.90. The zero-order valence-corrected chi connectivity index (χ0v) is 11.3. The molecule has 4 nitrogen and oxygen atoms in total. The topological polar surface area (TPSA) is 52.6 Å². The van der Waals surface area contributed by atoms with Crippen LogP contribution in [0.2, 0.25) is 0 Å². The molecule has 0 unspecified atom stereocenters. The summed E-state index contributed by atoms with van der Waals surface area (Å²) in [6.45, 7) is 1.90. The molecule has 4 heteroatoms. The molecular weight excluding hydrogens is 256 g/mol. The molecule has 0 N–H and O–H groups in total. The lowest BCUT2D eigenvalue weighted by atomic mass is 10.1. The predicted octanol–water partition coefficient (Wildman–Crippen LogP) is 3.00. The van der Waals surface area contributed by atoms with Gasteiger partial charge in [0.05, 0.1) is 18.2 Å². The molecule has 0 atom stereocenters. The monoisotopic (exact) mass is 270 g/mol. The molecule has 0 heterocycles. The number of carbonyl (C=O) groups is 2. The van der Waals surface area contributed by atoms with E-state index in [4.69, 9.17) is 4.74 Å². The largest absolute Gasteiger partial charge is 0.465 e. The minimum Gasteiger partial charge on any atom is -0.465 e. The van der Waals surface area contributed by atoms with E-state index in [0.717, 1.165) is 5.56 Å². The van der Waals surface area contributed by atoms with Gasteiger partial charge in [0.15, 0.2) is 0 Å². The third-order valence-electron chi connectivity index (χ3n) is 2.72. The number of esters is 2. The van der Waals surface area contributed by atoms with Crippen molar-refractivity contribution in [3.8, 4) is 5.75 Å². The second-order valence-electron chi connectivity index (χ2n) is 4.28. The Morgan fingerprint density at radius 2 is 1.55 bits per heavy atom. The van der Waals surface area contributed by atoms with Crippen molar-refractivity contribution in [2.45, 2.75) is 6.92 Å². The quantitative estimate of drug-likeness (QED) is 0.635. The Morgan fingerprint density at radius 1 is 0.900 bits per heavy atom. The number of hydrogen-bond donors (Lipinski definition) is 0. The summed E-state index contributed by atoms with van der Waals surface area (Å²) in [5.74, 6) is -0.631. The molecule has 102 valence electrons. The lowest BCUT2D eigenvalue weighted by Gasteiger charge is -2.06. The van der Waals surface area contributed by atoms with E-state index >= 15 is 0 Å². The number of aryl methyl sites for hydroxylation is 1. The van der Waals surface area contributed by atoms with Gasteiger partial charge in [-0.25, -0.2) is 9.59 Å². The first-order valence-corrected chi connectivity index (χ1v) is 6.07. The summed E-state index contributed by atoms with van der Waals surface area (Å²) in [4.78, 5) is 23.4.